The van der Waals surface area contributed by atoms with E-state index in [0.29, 0.717) is 19.3 Å². The Morgan fingerprint density at radius 2 is 0.534 bits per heavy atom. The maximum atomic E-state index is 12.9. The molecule has 0 rings (SSSR count). The minimum Gasteiger partial charge on any atom is -0.462 e. The zero-order valence-corrected chi connectivity index (χ0v) is 48.9. The van der Waals surface area contributed by atoms with Crippen molar-refractivity contribution in [2.24, 2.45) is 0 Å². The molecule has 0 aromatic rings. The number of ether oxygens (including phenoxy) is 3. The molecule has 426 valence electrons. The van der Waals surface area contributed by atoms with Crippen LogP contribution in [0.3, 0.4) is 0 Å². The summed E-state index contributed by atoms with van der Waals surface area (Å²) >= 11 is 0. The molecular weight excluding hydrogens is 901 g/mol. The molecule has 1 unspecified atom stereocenters. The Hall–Kier alpha value is -2.63. The monoisotopic (exact) mass is 1020 g/mol. The first-order valence-electron chi connectivity index (χ1n) is 32.1. The predicted molar refractivity (Wildman–Crippen MR) is 316 cm³/mol. The van der Waals surface area contributed by atoms with Crippen LogP contribution in [-0.2, 0) is 28.6 Å². The number of hydrogen-bond donors (Lipinski definition) is 0. The van der Waals surface area contributed by atoms with Crippen LogP contribution < -0.4 is 0 Å². The number of allylic oxidation sites excluding steroid dienone is 8. The van der Waals surface area contributed by atoms with Gasteiger partial charge in [-0.25, -0.2) is 0 Å². The van der Waals surface area contributed by atoms with Crippen LogP contribution in [0.1, 0.15) is 342 Å². The van der Waals surface area contributed by atoms with E-state index in [1.807, 2.05) is 0 Å². The highest BCUT2D eigenvalue weighted by Gasteiger charge is 2.19. The molecule has 0 fully saturated rings. The lowest BCUT2D eigenvalue weighted by atomic mass is 10.0. The normalized spacial score (nSPS) is 12.3. The molecule has 73 heavy (non-hydrogen) atoms. The molecule has 1 atom stereocenters. The van der Waals surface area contributed by atoms with E-state index in [2.05, 4.69) is 69.4 Å². The summed E-state index contributed by atoms with van der Waals surface area (Å²) in [4.78, 5) is 38.1. The molecule has 0 aliphatic carbocycles. The molecule has 0 aromatic carbocycles. The summed E-state index contributed by atoms with van der Waals surface area (Å²) in [5.41, 5.74) is 0. The fourth-order valence-corrected chi connectivity index (χ4v) is 9.56. The van der Waals surface area contributed by atoms with Crippen molar-refractivity contribution < 1.29 is 28.6 Å². The highest BCUT2D eigenvalue weighted by Crippen LogP contribution is 2.18. The van der Waals surface area contributed by atoms with Gasteiger partial charge >= 0.3 is 17.9 Å². The highest BCUT2D eigenvalue weighted by atomic mass is 16.6. The van der Waals surface area contributed by atoms with Crippen LogP contribution >= 0.6 is 0 Å². The number of rotatable bonds is 59. The SMILES string of the molecule is CC/C=C\C/C=C\C/C=C\C/C=C\CCCCCCCCCCCCC(=O)OC(COC(=O)CCCCCCCCCC)COC(=O)CCCCCCCCCCCCCCCCCCCCCCCCCC. The number of esters is 3. The van der Waals surface area contributed by atoms with E-state index in [-0.39, 0.29) is 31.1 Å². The molecule has 0 bridgehead atoms. The van der Waals surface area contributed by atoms with Crippen molar-refractivity contribution in [2.75, 3.05) is 13.2 Å². The van der Waals surface area contributed by atoms with Crippen LogP contribution in [0.4, 0.5) is 0 Å². The Bertz CT molecular complexity index is 1270. The van der Waals surface area contributed by atoms with Gasteiger partial charge in [-0.3, -0.25) is 14.4 Å². The van der Waals surface area contributed by atoms with Crippen LogP contribution in [0, 0.1) is 0 Å². The Labute approximate surface area is 454 Å². The third kappa shape index (κ3) is 60.1. The van der Waals surface area contributed by atoms with Crippen molar-refractivity contribution in [3.63, 3.8) is 0 Å². The van der Waals surface area contributed by atoms with Crippen LogP contribution in [0.2, 0.25) is 0 Å². The summed E-state index contributed by atoms with van der Waals surface area (Å²) in [5, 5.41) is 0. The van der Waals surface area contributed by atoms with E-state index in [1.165, 1.54) is 218 Å². The standard InChI is InChI=1S/C67H122O6/c1-4-7-10-13-16-19-21-23-25-27-29-31-33-35-36-38-40-42-44-46-48-51-54-57-60-66(69)72-63-64(62-71-65(68)59-56-53-50-18-15-12-9-6-3)73-67(70)61-58-55-52-49-47-45-43-41-39-37-34-32-30-28-26-24-22-20-17-14-11-8-5-2/h8,11,17,20,24,26,30,32,64H,4-7,9-10,12-16,18-19,21-23,25,27-29,31,33-63H2,1-3H3/b11-8-,20-17-,26-24-,32-30-. The molecule has 0 aliphatic rings. The Balaban J connectivity index is 4.14. The third-order valence-electron chi connectivity index (χ3n) is 14.3. The third-order valence-corrected chi connectivity index (χ3v) is 14.3. The summed E-state index contributed by atoms with van der Waals surface area (Å²) < 4.78 is 16.9. The van der Waals surface area contributed by atoms with E-state index in [0.717, 1.165) is 83.5 Å². The zero-order chi connectivity index (χ0) is 52.9. The molecule has 0 saturated heterocycles. The lowest BCUT2D eigenvalue weighted by Gasteiger charge is -2.18. The van der Waals surface area contributed by atoms with E-state index in [4.69, 9.17) is 14.2 Å². The van der Waals surface area contributed by atoms with Gasteiger partial charge in [0.15, 0.2) is 6.10 Å². The molecular formula is C67H122O6. The van der Waals surface area contributed by atoms with Gasteiger partial charge in [0.2, 0.25) is 0 Å². The van der Waals surface area contributed by atoms with Crippen molar-refractivity contribution >= 4 is 17.9 Å². The maximum absolute atomic E-state index is 12.9. The number of carbonyl (C=O) groups is 3. The smallest absolute Gasteiger partial charge is 0.306 e. The van der Waals surface area contributed by atoms with Gasteiger partial charge in [-0.15, -0.1) is 0 Å². The van der Waals surface area contributed by atoms with Gasteiger partial charge in [0, 0.05) is 19.3 Å². The van der Waals surface area contributed by atoms with Crippen molar-refractivity contribution in [3.8, 4) is 0 Å². The molecule has 0 N–H and O–H groups in total. The molecule has 0 heterocycles. The van der Waals surface area contributed by atoms with Crippen molar-refractivity contribution in [3.05, 3.63) is 48.6 Å². The van der Waals surface area contributed by atoms with Crippen LogP contribution in [0.5, 0.6) is 0 Å². The van der Waals surface area contributed by atoms with Crippen molar-refractivity contribution in [1.29, 1.82) is 0 Å². The van der Waals surface area contributed by atoms with Crippen molar-refractivity contribution in [2.45, 2.75) is 348 Å². The van der Waals surface area contributed by atoms with Gasteiger partial charge in [0.1, 0.15) is 13.2 Å². The largest absolute Gasteiger partial charge is 0.462 e. The predicted octanol–water partition coefficient (Wildman–Crippen LogP) is 21.8. The average Bonchev–Trinajstić information content (AvgIpc) is 3.39. The second-order valence-electron chi connectivity index (χ2n) is 21.7. The fraction of sp³-hybridized carbons (Fsp3) is 0.836. The number of hydrogen-bond acceptors (Lipinski definition) is 6. The molecule has 6 heteroatoms. The first-order chi connectivity index (χ1) is 36.0. The van der Waals surface area contributed by atoms with Crippen molar-refractivity contribution in [1.82, 2.24) is 0 Å². The molecule has 6 nitrogen and oxygen atoms in total. The molecule has 0 aliphatic heterocycles. The van der Waals surface area contributed by atoms with E-state index < -0.39 is 6.10 Å². The average molecular weight is 1020 g/mol. The van der Waals surface area contributed by atoms with E-state index >= 15 is 0 Å². The van der Waals surface area contributed by atoms with Crippen LogP contribution in [0.25, 0.3) is 0 Å². The van der Waals surface area contributed by atoms with E-state index in [1.54, 1.807) is 0 Å². The molecule has 0 amide bonds. The lowest BCUT2D eigenvalue weighted by Crippen LogP contribution is -2.30. The van der Waals surface area contributed by atoms with E-state index in [9.17, 15) is 14.4 Å². The summed E-state index contributed by atoms with van der Waals surface area (Å²) in [7, 11) is 0. The molecule has 0 radical (unpaired) electrons. The van der Waals surface area contributed by atoms with Gasteiger partial charge < -0.3 is 14.2 Å². The van der Waals surface area contributed by atoms with Gasteiger partial charge in [0.05, 0.1) is 0 Å². The topological polar surface area (TPSA) is 78.9 Å². The van der Waals surface area contributed by atoms with Gasteiger partial charge in [0.25, 0.3) is 0 Å². The summed E-state index contributed by atoms with van der Waals surface area (Å²) in [5.74, 6) is -0.858. The minimum atomic E-state index is -0.771. The minimum absolute atomic E-state index is 0.0700. The molecule has 0 saturated carbocycles. The summed E-state index contributed by atoms with van der Waals surface area (Å²) in [6, 6.07) is 0. The van der Waals surface area contributed by atoms with Gasteiger partial charge in [-0.1, -0.05) is 313 Å². The Morgan fingerprint density at radius 3 is 0.836 bits per heavy atom. The lowest BCUT2D eigenvalue weighted by molar-refractivity contribution is -0.167. The second-order valence-corrected chi connectivity index (χ2v) is 21.7. The van der Waals surface area contributed by atoms with Crippen LogP contribution in [-0.4, -0.2) is 37.2 Å². The summed E-state index contributed by atoms with van der Waals surface area (Å²) in [6.07, 6.45) is 77.1. The second kappa shape index (κ2) is 61.9. The first kappa shape index (κ1) is 70.4. The first-order valence-corrected chi connectivity index (χ1v) is 32.1. The highest BCUT2D eigenvalue weighted by molar-refractivity contribution is 5.71. The van der Waals surface area contributed by atoms with Gasteiger partial charge in [-0.2, -0.15) is 0 Å². The zero-order valence-electron chi connectivity index (χ0n) is 48.9. The number of unbranched alkanes of at least 4 members (excludes halogenated alkanes) is 40. The molecule has 0 aromatic heterocycles. The Kier molecular flexibility index (Phi) is 59.7. The quantitative estimate of drug-likeness (QED) is 0.0261. The molecule has 0 spiro atoms. The fourth-order valence-electron chi connectivity index (χ4n) is 9.56. The Morgan fingerprint density at radius 1 is 0.288 bits per heavy atom. The number of carbonyl (C=O) groups excluding carboxylic acids is 3. The van der Waals surface area contributed by atoms with Crippen LogP contribution in [0.15, 0.2) is 48.6 Å². The maximum Gasteiger partial charge on any atom is 0.306 e. The van der Waals surface area contributed by atoms with Gasteiger partial charge in [-0.05, 0) is 57.8 Å². The summed E-state index contributed by atoms with van der Waals surface area (Å²) in [6.45, 7) is 6.55.